The standard InChI is InChI=1S/C11H19NO7/c13-4-7(15)9(16)10(17)8(5-14)19-11(18)6-2-1-3-12-6/h5-10,12-13,15-17H,1-4H2/t6-,7+,8-,9+,10+/m0/s1. The Balaban J connectivity index is 2.56. The molecule has 0 unspecified atom stereocenters. The molecule has 1 heterocycles. The summed E-state index contributed by atoms with van der Waals surface area (Å²) < 4.78 is 4.79. The summed E-state index contributed by atoms with van der Waals surface area (Å²) in [5.41, 5.74) is 0. The van der Waals surface area contributed by atoms with Crippen LogP contribution in [-0.2, 0) is 14.3 Å². The lowest BCUT2D eigenvalue weighted by Crippen LogP contribution is -2.49. The number of aliphatic hydroxyl groups excluding tert-OH is 4. The first-order chi connectivity index (χ1) is 9.01. The van der Waals surface area contributed by atoms with E-state index in [0.29, 0.717) is 13.0 Å². The summed E-state index contributed by atoms with van der Waals surface area (Å²) in [4.78, 5) is 22.4. The Kier molecular flexibility index (Phi) is 6.32. The van der Waals surface area contributed by atoms with Gasteiger partial charge in [-0.15, -0.1) is 0 Å². The summed E-state index contributed by atoms with van der Waals surface area (Å²) in [6, 6.07) is -0.533. The van der Waals surface area contributed by atoms with Gasteiger partial charge in [0.1, 0.15) is 24.4 Å². The Morgan fingerprint density at radius 1 is 1.37 bits per heavy atom. The van der Waals surface area contributed by atoms with E-state index in [9.17, 15) is 19.8 Å². The molecule has 5 N–H and O–H groups in total. The van der Waals surface area contributed by atoms with Crippen LogP contribution in [0.3, 0.4) is 0 Å². The molecule has 0 aromatic carbocycles. The van der Waals surface area contributed by atoms with Crippen molar-refractivity contribution in [1.29, 1.82) is 0 Å². The highest BCUT2D eigenvalue weighted by atomic mass is 16.6. The van der Waals surface area contributed by atoms with Gasteiger partial charge in [0.25, 0.3) is 0 Å². The fraction of sp³-hybridized carbons (Fsp3) is 0.818. The van der Waals surface area contributed by atoms with Crippen molar-refractivity contribution < 1.29 is 34.8 Å². The number of ether oxygens (including phenoxy) is 1. The maximum atomic E-state index is 11.6. The Morgan fingerprint density at radius 3 is 2.53 bits per heavy atom. The summed E-state index contributed by atoms with van der Waals surface area (Å²) in [7, 11) is 0. The minimum Gasteiger partial charge on any atom is -0.451 e. The molecule has 0 aromatic rings. The quantitative estimate of drug-likeness (QED) is 0.244. The molecule has 0 aliphatic carbocycles. The molecule has 1 aliphatic heterocycles. The second-order valence-electron chi connectivity index (χ2n) is 4.42. The zero-order chi connectivity index (χ0) is 14.4. The Bertz CT molecular complexity index is 305. The molecule has 8 heteroatoms. The third kappa shape index (κ3) is 4.22. The van der Waals surface area contributed by atoms with Crippen molar-refractivity contribution in [2.45, 2.75) is 43.3 Å². The third-order valence-electron chi connectivity index (χ3n) is 3.00. The van der Waals surface area contributed by atoms with Gasteiger partial charge < -0.3 is 30.5 Å². The van der Waals surface area contributed by atoms with Crippen molar-refractivity contribution >= 4 is 12.3 Å². The highest BCUT2D eigenvalue weighted by Gasteiger charge is 2.35. The monoisotopic (exact) mass is 277 g/mol. The van der Waals surface area contributed by atoms with Crippen molar-refractivity contribution in [2.24, 2.45) is 0 Å². The number of hydrogen-bond acceptors (Lipinski definition) is 8. The van der Waals surface area contributed by atoms with Gasteiger partial charge in [0, 0.05) is 0 Å². The Hall–Kier alpha value is -1.06. The van der Waals surface area contributed by atoms with Gasteiger partial charge in [0.15, 0.2) is 12.4 Å². The van der Waals surface area contributed by atoms with Gasteiger partial charge in [-0.2, -0.15) is 0 Å². The molecule has 1 saturated heterocycles. The predicted octanol–water partition coefficient (Wildman–Crippen LogP) is -3.08. The number of hydrogen-bond donors (Lipinski definition) is 5. The zero-order valence-corrected chi connectivity index (χ0v) is 10.3. The number of aliphatic hydroxyl groups is 4. The molecule has 0 spiro atoms. The largest absolute Gasteiger partial charge is 0.451 e. The van der Waals surface area contributed by atoms with Crippen LogP contribution >= 0.6 is 0 Å². The van der Waals surface area contributed by atoms with Crippen molar-refractivity contribution in [1.82, 2.24) is 5.32 Å². The van der Waals surface area contributed by atoms with E-state index in [1.807, 2.05) is 0 Å². The Morgan fingerprint density at radius 2 is 2.05 bits per heavy atom. The van der Waals surface area contributed by atoms with Gasteiger partial charge in [-0.3, -0.25) is 9.59 Å². The lowest BCUT2D eigenvalue weighted by atomic mass is 10.0. The molecule has 0 bridgehead atoms. The molecular formula is C11H19NO7. The number of nitrogens with one attached hydrogen (secondary N) is 1. The predicted molar refractivity (Wildman–Crippen MR) is 62.1 cm³/mol. The number of rotatable bonds is 7. The lowest BCUT2D eigenvalue weighted by Gasteiger charge is -2.26. The molecule has 1 aliphatic rings. The molecule has 1 fully saturated rings. The highest BCUT2D eigenvalue weighted by Crippen LogP contribution is 2.11. The Labute approximate surface area is 110 Å². The maximum absolute atomic E-state index is 11.6. The molecule has 8 nitrogen and oxygen atoms in total. The van der Waals surface area contributed by atoms with Crippen LogP contribution in [0.4, 0.5) is 0 Å². The molecule has 1 rings (SSSR count). The van der Waals surface area contributed by atoms with Gasteiger partial charge >= 0.3 is 5.97 Å². The van der Waals surface area contributed by atoms with E-state index in [0.717, 1.165) is 6.42 Å². The van der Waals surface area contributed by atoms with Crippen molar-refractivity contribution in [2.75, 3.05) is 13.2 Å². The molecule has 0 aromatic heterocycles. The number of esters is 1. The third-order valence-corrected chi connectivity index (χ3v) is 3.00. The van der Waals surface area contributed by atoms with Crippen LogP contribution in [0.5, 0.6) is 0 Å². The molecule has 19 heavy (non-hydrogen) atoms. The van der Waals surface area contributed by atoms with E-state index in [4.69, 9.17) is 14.9 Å². The zero-order valence-electron chi connectivity index (χ0n) is 10.3. The van der Waals surface area contributed by atoms with E-state index >= 15 is 0 Å². The first-order valence-corrected chi connectivity index (χ1v) is 6.05. The van der Waals surface area contributed by atoms with Gasteiger partial charge in [0.05, 0.1) is 6.61 Å². The summed E-state index contributed by atoms with van der Waals surface area (Å²) >= 11 is 0. The van der Waals surface area contributed by atoms with Crippen molar-refractivity contribution in [3.8, 4) is 0 Å². The summed E-state index contributed by atoms with van der Waals surface area (Å²) in [6.45, 7) is -0.123. The average Bonchev–Trinajstić information content (AvgIpc) is 2.96. The molecule has 0 radical (unpaired) electrons. The summed E-state index contributed by atoms with van der Waals surface area (Å²) in [6.07, 6.45) is -5.26. The van der Waals surface area contributed by atoms with E-state index in [-0.39, 0.29) is 6.29 Å². The fourth-order valence-electron chi connectivity index (χ4n) is 1.81. The smallest absolute Gasteiger partial charge is 0.323 e. The SMILES string of the molecule is O=C[C@H](OC(=O)[C@@H]1CCCN1)[C@@H](O)[C@H](O)[C@H](O)CO. The van der Waals surface area contributed by atoms with Crippen molar-refractivity contribution in [3.63, 3.8) is 0 Å². The van der Waals surface area contributed by atoms with Crippen LogP contribution in [0.2, 0.25) is 0 Å². The van der Waals surface area contributed by atoms with Gasteiger partial charge in [-0.05, 0) is 19.4 Å². The second kappa shape index (κ2) is 7.51. The van der Waals surface area contributed by atoms with E-state index in [1.54, 1.807) is 0 Å². The lowest BCUT2D eigenvalue weighted by molar-refractivity contribution is -0.169. The number of carbonyl (C=O) groups excluding carboxylic acids is 2. The van der Waals surface area contributed by atoms with Crippen LogP contribution in [0.25, 0.3) is 0 Å². The average molecular weight is 277 g/mol. The molecule has 110 valence electrons. The second-order valence-corrected chi connectivity index (χ2v) is 4.42. The van der Waals surface area contributed by atoms with Gasteiger partial charge in [-0.25, -0.2) is 0 Å². The van der Waals surface area contributed by atoms with Crippen LogP contribution in [0, 0.1) is 0 Å². The highest BCUT2D eigenvalue weighted by molar-refractivity contribution is 5.78. The van der Waals surface area contributed by atoms with E-state index in [1.165, 1.54) is 0 Å². The summed E-state index contributed by atoms with van der Waals surface area (Å²) in [5, 5.41) is 39.7. The van der Waals surface area contributed by atoms with Crippen LogP contribution in [0.1, 0.15) is 12.8 Å². The van der Waals surface area contributed by atoms with Gasteiger partial charge in [0.2, 0.25) is 0 Å². The molecule has 0 amide bonds. The normalized spacial score (nSPS) is 25.4. The van der Waals surface area contributed by atoms with Crippen LogP contribution in [0.15, 0.2) is 0 Å². The molecular weight excluding hydrogens is 258 g/mol. The van der Waals surface area contributed by atoms with E-state index < -0.39 is 43.0 Å². The summed E-state index contributed by atoms with van der Waals surface area (Å²) in [5.74, 6) is -0.695. The van der Waals surface area contributed by atoms with Crippen LogP contribution < -0.4 is 5.32 Å². The maximum Gasteiger partial charge on any atom is 0.323 e. The molecule has 5 atom stereocenters. The fourth-order valence-corrected chi connectivity index (χ4v) is 1.81. The van der Waals surface area contributed by atoms with Crippen molar-refractivity contribution in [3.05, 3.63) is 0 Å². The van der Waals surface area contributed by atoms with Crippen LogP contribution in [-0.4, -0.2) is 76.3 Å². The minimum absolute atomic E-state index is 0.171. The first kappa shape index (κ1) is 16.0. The minimum atomic E-state index is -1.80. The van der Waals surface area contributed by atoms with E-state index in [2.05, 4.69) is 5.32 Å². The van der Waals surface area contributed by atoms with Gasteiger partial charge in [-0.1, -0.05) is 0 Å². The first-order valence-electron chi connectivity index (χ1n) is 6.05. The topological polar surface area (TPSA) is 136 Å². The molecule has 0 saturated carbocycles. The number of aldehydes is 1. The number of carbonyl (C=O) groups is 2.